The molecule has 3 atom stereocenters. The molecule has 2 fully saturated rings. The molecule has 1 heterocycles. The first-order chi connectivity index (χ1) is 8.24. The molecule has 4 nitrogen and oxygen atoms in total. The largest absolute Gasteiger partial charge is 0.481 e. The monoisotopic (exact) mass is 241 g/mol. The summed E-state index contributed by atoms with van der Waals surface area (Å²) in [7, 11) is 0. The number of carbonyl (C=O) groups is 1. The fourth-order valence-corrected chi connectivity index (χ4v) is 3.25. The average molecular weight is 241 g/mol. The maximum Gasteiger partial charge on any atom is 0.308 e. The first-order valence-corrected chi connectivity index (χ1v) is 6.80. The maximum absolute atomic E-state index is 11.3. The Morgan fingerprint density at radius 3 is 2.88 bits per heavy atom. The molecule has 0 aromatic carbocycles. The van der Waals surface area contributed by atoms with Crippen molar-refractivity contribution in [3.8, 4) is 0 Å². The lowest BCUT2D eigenvalue weighted by atomic mass is 9.82. The van der Waals surface area contributed by atoms with E-state index in [0.29, 0.717) is 6.04 Å². The summed E-state index contributed by atoms with van der Waals surface area (Å²) in [5, 5.41) is 9.34. The van der Waals surface area contributed by atoms with Crippen molar-refractivity contribution >= 4 is 5.97 Å². The molecule has 0 aromatic heterocycles. The summed E-state index contributed by atoms with van der Waals surface area (Å²) >= 11 is 0. The second-order valence-corrected chi connectivity index (χ2v) is 5.17. The maximum atomic E-state index is 11.3. The van der Waals surface area contributed by atoms with Crippen LogP contribution in [0.5, 0.6) is 0 Å². The summed E-state index contributed by atoms with van der Waals surface area (Å²) in [6, 6.07) is 0.642. The quantitative estimate of drug-likeness (QED) is 0.817. The van der Waals surface area contributed by atoms with Crippen LogP contribution in [0.1, 0.15) is 39.0 Å². The molecular weight excluding hydrogens is 218 g/mol. The first-order valence-electron chi connectivity index (χ1n) is 6.80. The molecule has 2 aliphatic rings. The van der Waals surface area contributed by atoms with Crippen molar-refractivity contribution in [2.24, 2.45) is 5.92 Å². The molecular formula is C13H23NO3. The van der Waals surface area contributed by atoms with Crippen LogP contribution in [0.25, 0.3) is 0 Å². The van der Waals surface area contributed by atoms with E-state index in [1.54, 1.807) is 0 Å². The van der Waals surface area contributed by atoms with Gasteiger partial charge in [-0.15, -0.1) is 0 Å². The Kier molecular flexibility index (Phi) is 4.40. The van der Waals surface area contributed by atoms with E-state index in [0.717, 1.165) is 45.4 Å². The van der Waals surface area contributed by atoms with Gasteiger partial charge in [0.2, 0.25) is 0 Å². The van der Waals surface area contributed by atoms with E-state index >= 15 is 0 Å². The topological polar surface area (TPSA) is 49.8 Å². The van der Waals surface area contributed by atoms with E-state index in [-0.39, 0.29) is 12.0 Å². The van der Waals surface area contributed by atoms with Crippen LogP contribution in [0.15, 0.2) is 0 Å². The van der Waals surface area contributed by atoms with Gasteiger partial charge in [0.25, 0.3) is 0 Å². The molecule has 0 amide bonds. The van der Waals surface area contributed by atoms with Crippen molar-refractivity contribution in [3.05, 3.63) is 0 Å². The van der Waals surface area contributed by atoms with Crippen LogP contribution in [0.4, 0.5) is 0 Å². The molecule has 1 N–H and O–H groups in total. The normalized spacial score (nSPS) is 35.7. The van der Waals surface area contributed by atoms with E-state index in [9.17, 15) is 9.90 Å². The van der Waals surface area contributed by atoms with Crippen LogP contribution in [0.2, 0.25) is 0 Å². The van der Waals surface area contributed by atoms with Crippen LogP contribution < -0.4 is 0 Å². The Hall–Kier alpha value is -0.610. The Labute approximate surface area is 103 Å². The third-order valence-corrected chi connectivity index (χ3v) is 4.22. The molecule has 0 bridgehead atoms. The minimum absolute atomic E-state index is 0.170. The number of morpholine rings is 1. The van der Waals surface area contributed by atoms with Gasteiger partial charge in [0.1, 0.15) is 0 Å². The van der Waals surface area contributed by atoms with Crippen LogP contribution in [0, 0.1) is 5.92 Å². The highest BCUT2D eigenvalue weighted by Crippen LogP contribution is 2.31. The van der Waals surface area contributed by atoms with Crippen molar-refractivity contribution in [1.82, 2.24) is 4.90 Å². The third kappa shape index (κ3) is 2.80. The molecule has 1 saturated carbocycles. The second-order valence-electron chi connectivity index (χ2n) is 5.17. The molecule has 1 aliphatic carbocycles. The lowest BCUT2D eigenvalue weighted by molar-refractivity contribution is -0.148. The predicted octanol–water partition coefficient (Wildman–Crippen LogP) is 1.74. The smallest absolute Gasteiger partial charge is 0.308 e. The zero-order chi connectivity index (χ0) is 12.3. The SMILES string of the molecule is CCC1COCCN1C1CCCCC1C(=O)O. The summed E-state index contributed by atoms with van der Waals surface area (Å²) in [5.74, 6) is -0.785. The van der Waals surface area contributed by atoms with Gasteiger partial charge in [0, 0.05) is 18.6 Å². The number of carboxylic acid groups (broad SMARTS) is 1. The fraction of sp³-hybridized carbons (Fsp3) is 0.923. The molecule has 17 heavy (non-hydrogen) atoms. The van der Waals surface area contributed by atoms with E-state index in [2.05, 4.69) is 11.8 Å². The van der Waals surface area contributed by atoms with Gasteiger partial charge < -0.3 is 9.84 Å². The standard InChI is InChI=1S/C13H23NO3/c1-2-10-9-17-8-7-14(10)12-6-4-3-5-11(12)13(15)16/h10-12H,2-9H2,1H3,(H,15,16). The van der Waals surface area contributed by atoms with Gasteiger partial charge in [-0.25, -0.2) is 0 Å². The fourth-order valence-electron chi connectivity index (χ4n) is 3.25. The lowest BCUT2D eigenvalue weighted by Gasteiger charge is -2.44. The summed E-state index contributed by atoms with van der Waals surface area (Å²) in [6.45, 7) is 4.57. The van der Waals surface area contributed by atoms with Crippen molar-refractivity contribution < 1.29 is 14.6 Å². The molecule has 1 aliphatic heterocycles. The van der Waals surface area contributed by atoms with Crippen LogP contribution >= 0.6 is 0 Å². The molecule has 0 aromatic rings. The van der Waals surface area contributed by atoms with Crippen molar-refractivity contribution in [1.29, 1.82) is 0 Å². The van der Waals surface area contributed by atoms with E-state index in [1.165, 1.54) is 6.42 Å². The summed E-state index contributed by atoms with van der Waals surface area (Å²) < 4.78 is 5.50. The van der Waals surface area contributed by atoms with E-state index < -0.39 is 5.97 Å². The van der Waals surface area contributed by atoms with Crippen LogP contribution in [0.3, 0.4) is 0 Å². The Morgan fingerprint density at radius 2 is 2.18 bits per heavy atom. The molecule has 0 spiro atoms. The Balaban J connectivity index is 2.08. The second kappa shape index (κ2) is 5.83. The third-order valence-electron chi connectivity index (χ3n) is 4.22. The highest BCUT2D eigenvalue weighted by Gasteiger charge is 2.38. The number of nitrogens with zero attached hydrogens (tertiary/aromatic N) is 1. The number of hydrogen-bond acceptors (Lipinski definition) is 3. The van der Waals surface area contributed by atoms with Crippen LogP contribution in [-0.2, 0) is 9.53 Å². The van der Waals surface area contributed by atoms with Crippen molar-refractivity contribution in [2.75, 3.05) is 19.8 Å². The zero-order valence-corrected chi connectivity index (χ0v) is 10.6. The predicted molar refractivity (Wildman–Crippen MR) is 65.0 cm³/mol. The van der Waals surface area contributed by atoms with Crippen molar-refractivity contribution in [3.63, 3.8) is 0 Å². The van der Waals surface area contributed by atoms with Gasteiger partial charge in [-0.2, -0.15) is 0 Å². The highest BCUT2D eigenvalue weighted by atomic mass is 16.5. The first kappa shape index (κ1) is 12.8. The van der Waals surface area contributed by atoms with Gasteiger partial charge >= 0.3 is 5.97 Å². The highest BCUT2D eigenvalue weighted by molar-refractivity contribution is 5.71. The molecule has 0 radical (unpaired) electrons. The zero-order valence-electron chi connectivity index (χ0n) is 10.6. The number of rotatable bonds is 3. The summed E-state index contributed by atoms with van der Waals surface area (Å²) in [5.41, 5.74) is 0. The Morgan fingerprint density at radius 1 is 1.41 bits per heavy atom. The van der Waals surface area contributed by atoms with E-state index in [4.69, 9.17) is 4.74 Å². The summed E-state index contributed by atoms with van der Waals surface area (Å²) in [4.78, 5) is 13.7. The van der Waals surface area contributed by atoms with Gasteiger partial charge in [0.15, 0.2) is 0 Å². The van der Waals surface area contributed by atoms with Crippen molar-refractivity contribution in [2.45, 2.75) is 51.1 Å². The number of hydrogen-bond donors (Lipinski definition) is 1. The van der Waals surface area contributed by atoms with Gasteiger partial charge in [-0.05, 0) is 19.3 Å². The lowest BCUT2D eigenvalue weighted by Crippen LogP contribution is -2.55. The van der Waals surface area contributed by atoms with Crippen LogP contribution in [-0.4, -0.2) is 47.8 Å². The molecule has 3 unspecified atom stereocenters. The minimum atomic E-state index is -0.615. The van der Waals surface area contributed by atoms with Gasteiger partial charge in [-0.1, -0.05) is 19.8 Å². The van der Waals surface area contributed by atoms with E-state index in [1.807, 2.05) is 0 Å². The number of aliphatic carboxylic acids is 1. The van der Waals surface area contributed by atoms with Gasteiger partial charge in [-0.3, -0.25) is 9.69 Å². The minimum Gasteiger partial charge on any atom is -0.481 e. The molecule has 98 valence electrons. The molecule has 4 heteroatoms. The number of carboxylic acids is 1. The molecule has 2 rings (SSSR count). The Bertz CT molecular complexity index is 269. The number of ether oxygens (including phenoxy) is 1. The average Bonchev–Trinajstić information content (AvgIpc) is 2.38. The molecule has 1 saturated heterocycles. The van der Waals surface area contributed by atoms with Gasteiger partial charge in [0.05, 0.1) is 19.1 Å². The summed E-state index contributed by atoms with van der Waals surface area (Å²) in [6.07, 6.45) is 5.15.